The van der Waals surface area contributed by atoms with Crippen LogP contribution in [0.5, 0.6) is 0 Å². The third kappa shape index (κ3) is 3.30. The molecule has 2 N–H and O–H groups in total. The molecule has 2 aromatic rings. The van der Waals surface area contributed by atoms with Gasteiger partial charge in [-0.2, -0.15) is 0 Å². The fourth-order valence-electron chi connectivity index (χ4n) is 3.66. The summed E-state index contributed by atoms with van der Waals surface area (Å²) in [7, 11) is 0. The second-order valence-electron chi connectivity index (χ2n) is 6.58. The number of hydrogen-bond donors (Lipinski definition) is 2. The zero-order chi connectivity index (χ0) is 16.2. The largest absolute Gasteiger partial charge is 0.411 e. The third-order valence-corrected chi connectivity index (χ3v) is 4.75. The Kier molecular flexibility index (Phi) is 4.77. The van der Waals surface area contributed by atoms with Crippen molar-refractivity contribution in [3.8, 4) is 0 Å². The van der Waals surface area contributed by atoms with Crippen LogP contribution in [-0.2, 0) is 0 Å². The molecule has 120 valence electrons. The predicted octanol–water partition coefficient (Wildman–Crippen LogP) is 4.56. The summed E-state index contributed by atoms with van der Waals surface area (Å²) in [4.78, 5) is 0. The van der Waals surface area contributed by atoms with Gasteiger partial charge >= 0.3 is 0 Å². The van der Waals surface area contributed by atoms with Crippen molar-refractivity contribution in [2.45, 2.75) is 32.4 Å². The maximum absolute atomic E-state index is 9.60. The van der Waals surface area contributed by atoms with E-state index in [1.54, 1.807) is 0 Å². The summed E-state index contributed by atoms with van der Waals surface area (Å²) < 4.78 is 0. The van der Waals surface area contributed by atoms with Crippen LogP contribution in [0.3, 0.4) is 0 Å². The molecule has 0 amide bonds. The first-order valence-corrected chi connectivity index (χ1v) is 8.27. The highest BCUT2D eigenvalue weighted by Gasteiger charge is 2.38. The summed E-state index contributed by atoms with van der Waals surface area (Å²) in [6.45, 7) is 4.38. The Balaban J connectivity index is 1.98. The molecule has 3 rings (SSSR count). The summed E-state index contributed by atoms with van der Waals surface area (Å²) in [5, 5.41) is 17.1. The normalized spacial score (nSPS) is 26.6. The van der Waals surface area contributed by atoms with E-state index >= 15 is 0 Å². The van der Waals surface area contributed by atoms with Gasteiger partial charge in [-0.25, -0.2) is 0 Å². The van der Waals surface area contributed by atoms with E-state index in [0.29, 0.717) is 5.92 Å². The second-order valence-corrected chi connectivity index (χ2v) is 6.58. The lowest BCUT2D eigenvalue weighted by Crippen LogP contribution is -2.44. The Labute approximate surface area is 138 Å². The monoisotopic (exact) mass is 308 g/mol. The van der Waals surface area contributed by atoms with E-state index in [4.69, 9.17) is 0 Å². The van der Waals surface area contributed by atoms with E-state index in [1.807, 2.05) is 12.1 Å². The summed E-state index contributed by atoms with van der Waals surface area (Å²) in [6.07, 6.45) is 0.743. The van der Waals surface area contributed by atoms with Crippen molar-refractivity contribution in [3.05, 3.63) is 71.8 Å². The Morgan fingerprint density at radius 2 is 1.52 bits per heavy atom. The molecular weight excluding hydrogens is 284 g/mol. The topological polar surface area (TPSA) is 44.6 Å². The van der Waals surface area contributed by atoms with Gasteiger partial charge in [0.05, 0.1) is 5.71 Å². The number of nitrogens with one attached hydrogen (secondary N) is 1. The van der Waals surface area contributed by atoms with E-state index in [2.05, 4.69) is 72.9 Å². The Morgan fingerprint density at radius 3 is 2.04 bits per heavy atom. The van der Waals surface area contributed by atoms with Crippen molar-refractivity contribution in [1.82, 2.24) is 5.32 Å². The first-order chi connectivity index (χ1) is 11.2. The highest BCUT2D eigenvalue weighted by molar-refractivity contribution is 5.89. The number of oxime groups is 1. The maximum atomic E-state index is 9.60. The lowest BCUT2D eigenvalue weighted by atomic mass is 9.75. The van der Waals surface area contributed by atoms with E-state index in [9.17, 15) is 5.21 Å². The predicted molar refractivity (Wildman–Crippen MR) is 93.7 cm³/mol. The maximum Gasteiger partial charge on any atom is 0.0642 e. The summed E-state index contributed by atoms with van der Waals surface area (Å²) >= 11 is 0. The lowest BCUT2D eigenvalue weighted by molar-refractivity contribution is 0.263. The third-order valence-electron chi connectivity index (χ3n) is 4.75. The number of benzene rings is 2. The van der Waals surface area contributed by atoms with Crippen molar-refractivity contribution >= 4 is 5.71 Å². The molecule has 23 heavy (non-hydrogen) atoms. The van der Waals surface area contributed by atoms with Crippen molar-refractivity contribution in [2.24, 2.45) is 17.0 Å². The van der Waals surface area contributed by atoms with Gasteiger partial charge in [-0.3, -0.25) is 0 Å². The molecule has 0 saturated carbocycles. The standard InChI is InChI=1S/C20H24N2O/c1-14(2)19-18(22-23)13-17(15-9-5-3-6-10-15)21-20(19)16-11-7-4-8-12-16/h3-12,14,17,19-21,23H,13H2,1-2H3/t17-,19-,20-/m1/s1. The molecule has 0 spiro atoms. The van der Waals surface area contributed by atoms with Gasteiger partial charge in [0, 0.05) is 24.4 Å². The van der Waals surface area contributed by atoms with Gasteiger partial charge in [-0.1, -0.05) is 79.7 Å². The minimum Gasteiger partial charge on any atom is -0.411 e. The van der Waals surface area contributed by atoms with Crippen molar-refractivity contribution in [2.75, 3.05) is 0 Å². The van der Waals surface area contributed by atoms with Gasteiger partial charge in [0.25, 0.3) is 0 Å². The van der Waals surface area contributed by atoms with Gasteiger partial charge in [-0.05, 0) is 17.0 Å². The molecule has 0 unspecified atom stereocenters. The average Bonchev–Trinajstić information content (AvgIpc) is 2.62. The summed E-state index contributed by atoms with van der Waals surface area (Å²) in [5.74, 6) is 0.595. The minimum absolute atomic E-state index is 0.154. The molecule has 1 heterocycles. The number of piperidine rings is 1. The molecule has 0 aliphatic carbocycles. The Morgan fingerprint density at radius 1 is 0.957 bits per heavy atom. The van der Waals surface area contributed by atoms with Gasteiger partial charge < -0.3 is 10.5 Å². The second kappa shape index (κ2) is 6.97. The molecule has 3 atom stereocenters. The van der Waals surface area contributed by atoms with Crippen LogP contribution in [0.15, 0.2) is 65.8 Å². The molecule has 2 aromatic carbocycles. The van der Waals surface area contributed by atoms with E-state index in [0.717, 1.165) is 12.1 Å². The van der Waals surface area contributed by atoms with Crippen LogP contribution >= 0.6 is 0 Å². The van der Waals surface area contributed by atoms with E-state index in [-0.39, 0.29) is 18.0 Å². The molecule has 1 aliphatic heterocycles. The SMILES string of the molecule is CC(C)[C@@H]1C(=NO)C[C@H](c2ccccc2)N[C@@H]1c1ccccc1. The van der Waals surface area contributed by atoms with E-state index < -0.39 is 0 Å². The smallest absolute Gasteiger partial charge is 0.0642 e. The highest BCUT2D eigenvalue weighted by Crippen LogP contribution is 2.39. The van der Waals surface area contributed by atoms with Crippen molar-refractivity contribution < 1.29 is 5.21 Å². The van der Waals surface area contributed by atoms with Gasteiger partial charge in [0.2, 0.25) is 0 Å². The summed E-state index contributed by atoms with van der Waals surface area (Å²) in [6, 6.07) is 21.2. The quantitative estimate of drug-likeness (QED) is 0.644. The molecule has 3 heteroatoms. The molecule has 0 bridgehead atoms. The first-order valence-electron chi connectivity index (χ1n) is 8.27. The fourth-order valence-corrected chi connectivity index (χ4v) is 3.66. The van der Waals surface area contributed by atoms with Crippen LogP contribution in [0.25, 0.3) is 0 Å². The van der Waals surface area contributed by atoms with Crippen LogP contribution < -0.4 is 5.32 Å². The number of hydrogen-bond acceptors (Lipinski definition) is 3. The number of nitrogens with zero attached hydrogens (tertiary/aromatic N) is 1. The lowest BCUT2D eigenvalue weighted by Gasteiger charge is -2.40. The van der Waals surface area contributed by atoms with Crippen LogP contribution in [0, 0.1) is 11.8 Å². The zero-order valence-electron chi connectivity index (χ0n) is 13.7. The summed E-state index contributed by atoms with van der Waals surface area (Å²) in [5.41, 5.74) is 3.37. The minimum atomic E-state index is 0.154. The molecule has 0 radical (unpaired) electrons. The van der Waals surface area contributed by atoms with Crippen LogP contribution in [0.2, 0.25) is 0 Å². The molecular formula is C20H24N2O. The highest BCUT2D eigenvalue weighted by atomic mass is 16.4. The first kappa shape index (κ1) is 15.8. The molecule has 1 saturated heterocycles. The zero-order valence-corrected chi connectivity index (χ0v) is 13.7. The fraction of sp³-hybridized carbons (Fsp3) is 0.350. The van der Waals surface area contributed by atoms with Crippen LogP contribution in [0.4, 0.5) is 0 Å². The van der Waals surface area contributed by atoms with Gasteiger partial charge in [0.15, 0.2) is 0 Å². The number of rotatable bonds is 3. The molecule has 1 aliphatic rings. The average molecular weight is 308 g/mol. The van der Waals surface area contributed by atoms with E-state index in [1.165, 1.54) is 11.1 Å². The molecule has 0 aromatic heterocycles. The van der Waals surface area contributed by atoms with Crippen molar-refractivity contribution in [1.29, 1.82) is 0 Å². The molecule has 1 fully saturated rings. The Bertz CT molecular complexity index is 652. The van der Waals surface area contributed by atoms with Gasteiger partial charge in [-0.15, -0.1) is 0 Å². The Hall–Kier alpha value is -2.13. The van der Waals surface area contributed by atoms with Gasteiger partial charge in [0.1, 0.15) is 0 Å². The molecule has 3 nitrogen and oxygen atoms in total. The van der Waals surface area contributed by atoms with Crippen LogP contribution in [0.1, 0.15) is 43.5 Å². The van der Waals surface area contributed by atoms with Crippen LogP contribution in [-0.4, -0.2) is 10.9 Å². The van der Waals surface area contributed by atoms with Crippen molar-refractivity contribution in [3.63, 3.8) is 0 Å².